The molecule has 5 nitrogen and oxygen atoms in total. The Morgan fingerprint density at radius 1 is 1.45 bits per heavy atom. The Morgan fingerprint density at radius 2 is 2.32 bits per heavy atom. The number of guanidine groups is 1. The summed E-state index contributed by atoms with van der Waals surface area (Å²) in [4.78, 5) is 9.83. The Balaban J connectivity index is 1.65. The van der Waals surface area contributed by atoms with Crippen LogP contribution < -0.4 is 10.6 Å². The lowest BCUT2D eigenvalue weighted by Crippen LogP contribution is -2.38. The summed E-state index contributed by atoms with van der Waals surface area (Å²) in [7, 11) is 1.81. The third-order valence-electron chi connectivity index (χ3n) is 3.59. The van der Waals surface area contributed by atoms with Gasteiger partial charge in [-0.25, -0.2) is 4.98 Å². The molecule has 2 heterocycles. The van der Waals surface area contributed by atoms with Crippen LogP contribution in [0.5, 0.6) is 0 Å². The van der Waals surface area contributed by atoms with Crippen molar-refractivity contribution in [1.82, 2.24) is 20.2 Å². The monoisotopic (exact) mass is 319 g/mol. The molecule has 0 amide bonds. The van der Waals surface area contributed by atoms with Crippen molar-refractivity contribution in [3.63, 3.8) is 0 Å². The highest BCUT2D eigenvalue weighted by Crippen LogP contribution is 2.17. The van der Waals surface area contributed by atoms with E-state index in [1.54, 1.807) is 11.3 Å². The van der Waals surface area contributed by atoms with Crippen LogP contribution in [0.25, 0.3) is 0 Å². The molecular formula is C16H25N5S. The summed E-state index contributed by atoms with van der Waals surface area (Å²) >= 11 is 1.76. The number of nitrogens with zero attached hydrogens (tertiary/aromatic N) is 3. The zero-order chi connectivity index (χ0) is 15.8. The Kier molecular flexibility index (Phi) is 6.45. The molecule has 0 saturated heterocycles. The number of imidazole rings is 1. The summed E-state index contributed by atoms with van der Waals surface area (Å²) in [6.45, 7) is 6.13. The number of hydrogen-bond donors (Lipinski definition) is 2. The highest BCUT2D eigenvalue weighted by molar-refractivity contribution is 7.10. The first-order chi connectivity index (χ1) is 10.7. The second kappa shape index (κ2) is 8.58. The molecule has 2 rings (SSSR count). The lowest BCUT2D eigenvalue weighted by atomic mass is 10.3. The van der Waals surface area contributed by atoms with Gasteiger partial charge < -0.3 is 15.2 Å². The van der Waals surface area contributed by atoms with E-state index in [4.69, 9.17) is 0 Å². The van der Waals surface area contributed by atoms with Gasteiger partial charge in [0.1, 0.15) is 5.82 Å². The molecule has 6 heteroatoms. The minimum absolute atomic E-state index is 0.278. The molecule has 2 N–H and O–H groups in total. The molecule has 0 fully saturated rings. The summed E-state index contributed by atoms with van der Waals surface area (Å²) in [6, 6.07) is 4.50. The van der Waals surface area contributed by atoms with E-state index in [0.29, 0.717) is 0 Å². The van der Waals surface area contributed by atoms with Crippen molar-refractivity contribution in [2.24, 2.45) is 4.99 Å². The van der Waals surface area contributed by atoms with Gasteiger partial charge in [0.2, 0.25) is 0 Å². The lowest BCUT2D eigenvalue weighted by Gasteiger charge is -2.17. The van der Waals surface area contributed by atoms with Crippen LogP contribution in [-0.4, -0.2) is 29.1 Å². The number of aryl methyl sites for hydroxylation is 2. The molecule has 0 spiro atoms. The predicted octanol–water partition coefficient (Wildman–Crippen LogP) is 2.96. The lowest BCUT2D eigenvalue weighted by molar-refractivity contribution is 0.585. The molecule has 0 aromatic carbocycles. The van der Waals surface area contributed by atoms with E-state index in [0.717, 1.165) is 37.7 Å². The standard InChI is InChI=1S/C16H25N5S/c1-13(15-7-6-12-22-15)20-16(17-3)19-8-4-5-10-21-11-9-18-14(21)2/h6-7,9,11-13H,4-5,8,10H2,1-3H3,(H2,17,19,20). The van der Waals surface area contributed by atoms with Crippen molar-refractivity contribution in [3.8, 4) is 0 Å². The van der Waals surface area contributed by atoms with Gasteiger partial charge in [-0.05, 0) is 38.1 Å². The molecule has 2 aromatic rings. The van der Waals surface area contributed by atoms with E-state index in [1.807, 2.05) is 26.4 Å². The average molecular weight is 319 g/mol. The second-order valence-corrected chi connectivity index (χ2v) is 6.23. The van der Waals surface area contributed by atoms with E-state index >= 15 is 0 Å². The van der Waals surface area contributed by atoms with Gasteiger partial charge in [-0.1, -0.05) is 6.07 Å². The van der Waals surface area contributed by atoms with Crippen molar-refractivity contribution in [2.45, 2.75) is 39.3 Å². The fraction of sp³-hybridized carbons (Fsp3) is 0.500. The van der Waals surface area contributed by atoms with Crippen LogP contribution in [-0.2, 0) is 6.54 Å². The minimum Gasteiger partial charge on any atom is -0.356 e. The predicted molar refractivity (Wildman–Crippen MR) is 93.4 cm³/mol. The maximum absolute atomic E-state index is 4.28. The van der Waals surface area contributed by atoms with E-state index in [1.165, 1.54) is 4.88 Å². The zero-order valence-electron chi connectivity index (χ0n) is 13.5. The third kappa shape index (κ3) is 4.87. The van der Waals surface area contributed by atoms with Crippen molar-refractivity contribution in [2.75, 3.05) is 13.6 Å². The highest BCUT2D eigenvalue weighted by Gasteiger charge is 2.07. The quantitative estimate of drug-likeness (QED) is 0.469. The molecule has 0 aliphatic heterocycles. The topological polar surface area (TPSA) is 54.2 Å². The molecular weight excluding hydrogens is 294 g/mol. The first kappa shape index (κ1) is 16.5. The first-order valence-electron chi connectivity index (χ1n) is 7.69. The van der Waals surface area contributed by atoms with Crippen LogP contribution in [0.3, 0.4) is 0 Å². The van der Waals surface area contributed by atoms with E-state index in [-0.39, 0.29) is 6.04 Å². The van der Waals surface area contributed by atoms with Crippen LogP contribution in [0, 0.1) is 6.92 Å². The van der Waals surface area contributed by atoms with Crippen LogP contribution in [0.2, 0.25) is 0 Å². The van der Waals surface area contributed by atoms with Gasteiger partial charge in [-0.3, -0.25) is 4.99 Å². The Labute approximate surface area is 136 Å². The number of rotatable bonds is 7. The van der Waals surface area contributed by atoms with E-state index < -0.39 is 0 Å². The van der Waals surface area contributed by atoms with Crippen molar-refractivity contribution in [3.05, 3.63) is 40.6 Å². The Morgan fingerprint density at radius 3 is 2.95 bits per heavy atom. The molecule has 2 aromatic heterocycles. The molecule has 0 bridgehead atoms. The number of aromatic nitrogens is 2. The van der Waals surface area contributed by atoms with Gasteiger partial charge in [0, 0.05) is 37.4 Å². The van der Waals surface area contributed by atoms with Crippen LogP contribution in [0.4, 0.5) is 0 Å². The maximum atomic E-state index is 4.28. The molecule has 1 unspecified atom stereocenters. The van der Waals surface area contributed by atoms with Gasteiger partial charge in [0.25, 0.3) is 0 Å². The first-order valence-corrected chi connectivity index (χ1v) is 8.57. The molecule has 0 radical (unpaired) electrons. The molecule has 0 saturated carbocycles. The Hall–Kier alpha value is -1.82. The summed E-state index contributed by atoms with van der Waals surface area (Å²) in [5.74, 6) is 1.94. The number of aliphatic imine (C=N–C) groups is 1. The van der Waals surface area contributed by atoms with Crippen LogP contribution in [0.1, 0.15) is 36.5 Å². The number of nitrogens with one attached hydrogen (secondary N) is 2. The molecule has 1 atom stereocenters. The molecule has 22 heavy (non-hydrogen) atoms. The van der Waals surface area contributed by atoms with E-state index in [9.17, 15) is 0 Å². The number of thiophene rings is 1. The SMILES string of the molecule is CN=C(NCCCCn1ccnc1C)NC(C)c1cccs1. The fourth-order valence-electron chi connectivity index (χ4n) is 2.26. The van der Waals surface area contributed by atoms with Crippen LogP contribution in [0.15, 0.2) is 34.9 Å². The molecule has 0 aliphatic carbocycles. The summed E-state index contributed by atoms with van der Waals surface area (Å²) in [6.07, 6.45) is 6.12. The normalized spacial score (nSPS) is 13.1. The summed E-state index contributed by atoms with van der Waals surface area (Å²) in [5, 5.41) is 8.89. The van der Waals surface area contributed by atoms with Gasteiger partial charge in [0.05, 0.1) is 6.04 Å². The van der Waals surface area contributed by atoms with Crippen molar-refractivity contribution < 1.29 is 0 Å². The van der Waals surface area contributed by atoms with Crippen molar-refractivity contribution >= 4 is 17.3 Å². The smallest absolute Gasteiger partial charge is 0.191 e. The maximum Gasteiger partial charge on any atom is 0.191 e. The summed E-state index contributed by atoms with van der Waals surface area (Å²) < 4.78 is 2.19. The van der Waals surface area contributed by atoms with Gasteiger partial charge in [0.15, 0.2) is 5.96 Å². The Bertz CT molecular complexity index is 573. The number of unbranched alkanes of at least 4 members (excludes halogenated alkanes) is 1. The zero-order valence-corrected chi connectivity index (χ0v) is 14.4. The molecule has 0 aliphatic rings. The van der Waals surface area contributed by atoms with Gasteiger partial charge in [-0.15, -0.1) is 11.3 Å². The number of hydrogen-bond acceptors (Lipinski definition) is 3. The van der Waals surface area contributed by atoms with Gasteiger partial charge >= 0.3 is 0 Å². The molecule has 120 valence electrons. The third-order valence-corrected chi connectivity index (χ3v) is 4.64. The van der Waals surface area contributed by atoms with Crippen molar-refractivity contribution in [1.29, 1.82) is 0 Å². The van der Waals surface area contributed by atoms with Gasteiger partial charge in [-0.2, -0.15) is 0 Å². The summed E-state index contributed by atoms with van der Waals surface area (Å²) in [5.41, 5.74) is 0. The average Bonchev–Trinajstić information content (AvgIpc) is 3.17. The minimum atomic E-state index is 0.278. The fourth-order valence-corrected chi connectivity index (χ4v) is 3.00. The highest BCUT2D eigenvalue weighted by atomic mass is 32.1. The van der Waals surface area contributed by atoms with Crippen LogP contribution >= 0.6 is 11.3 Å². The largest absolute Gasteiger partial charge is 0.356 e. The second-order valence-electron chi connectivity index (χ2n) is 5.26. The van der Waals surface area contributed by atoms with E-state index in [2.05, 4.69) is 49.6 Å².